The fourth-order valence-electron chi connectivity index (χ4n) is 4.44. The second kappa shape index (κ2) is 21.9. The monoisotopic (exact) mass is 583 g/mol. The summed E-state index contributed by atoms with van der Waals surface area (Å²) >= 11 is 0. The highest BCUT2D eigenvalue weighted by atomic mass is 16.2. The minimum Gasteiger partial charge on any atom is -0.368 e. The summed E-state index contributed by atoms with van der Waals surface area (Å²) in [5.41, 5.74) is 16.6. The van der Waals surface area contributed by atoms with Crippen molar-refractivity contribution in [3.63, 3.8) is 0 Å². The number of rotatable bonds is 23. The van der Waals surface area contributed by atoms with E-state index in [1.54, 1.807) is 14.7 Å². The number of primary amides is 1. The zero-order chi connectivity index (χ0) is 31.4. The minimum atomic E-state index is -0.773. The SMILES string of the molecule is CC(=O)N(CCC(=O)N(CCC(=O)N(CCCCN)CCC(=O)N[C@@H](CCCCN)C(N)=O)CC(C)C)CC(C)C. The molecule has 0 aromatic carbocycles. The van der Waals surface area contributed by atoms with E-state index in [0.717, 1.165) is 12.8 Å². The maximum absolute atomic E-state index is 13.2. The van der Waals surface area contributed by atoms with E-state index in [1.807, 2.05) is 27.7 Å². The first kappa shape index (κ1) is 38.3. The lowest BCUT2D eigenvalue weighted by atomic mass is 10.1. The lowest BCUT2D eigenvalue weighted by molar-refractivity contribution is -0.136. The summed E-state index contributed by atoms with van der Waals surface area (Å²) in [6.07, 6.45) is 3.59. The normalized spacial score (nSPS) is 11.8. The number of carbonyl (C=O) groups is 5. The topological polar surface area (TPSA) is 185 Å². The number of hydrogen-bond donors (Lipinski definition) is 4. The average Bonchev–Trinajstić information content (AvgIpc) is 2.89. The van der Waals surface area contributed by atoms with Gasteiger partial charge in [-0.15, -0.1) is 0 Å². The Balaban J connectivity index is 5.22. The van der Waals surface area contributed by atoms with E-state index < -0.39 is 11.9 Å². The van der Waals surface area contributed by atoms with Gasteiger partial charge >= 0.3 is 0 Å². The second-order valence-electron chi connectivity index (χ2n) is 11.5. The van der Waals surface area contributed by atoms with Crippen LogP contribution in [-0.2, 0) is 24.0 Å². The van der Waals surface area contributed by atoms with Crippen LogP contribution in [0.3, 0.4) is 0 Å². The minimum absolute atomic E-state index is 0.0282. The molecule has 238 valence electrons. The van der Waals surface area contributed by atoms with Gasteiger partial charge in [-0.05, 0) is 57.0 Å². The summed E-state index contributed by atoms with van der Waals surface area (Å²) in [7, 11) is 0. The van der Waals surface area contributed by atoms with Crippen molar-refractivity contribution in [3.8, 4) is 0 Å². The van der Waals surface area contributed by atoms with E-state index in [1.165, 1.54) is 6.92 Å². The molecule has 41 heavy (non-hydrogen) atoms. The van der Waals surface area contributed by atoms with Crippen molar-refractivity contribution in [2.24, 2.45) is 29.0 Å². The summed E-state index contributed by atoms with van der Waals surface area (Å²) in [4.78, 5) is 67.7. The smallest absolute Gasteiger partial charge is 0.239 e. The van der Waals surface area contributed by atoms with Crippen LogP contribution < -0.4 is 22.5 Å². The Labute approximate surface area is 247 Å². The third-order valence-electron chi connectivity index (χ3n) is 6.63. The second-order valence-corrected chi connectivity index (χ2v) is 11.5. The fraction of sp³-hybridized carbons (Fsp3) is 0.828. The maximum atomic E-state index is 13.2. The molecule has 0 aromatic rings. The Bertz CT molecular complexity index is 806. The molecule has 0 aliphatic heterocycles. The predicted molar refractivity (Wildman–Crippen MR) is 161 cm³/mol. The van der Waals surface area contributed by atoms with Crippen molar-refractivity contribution in [2.45, 2.75) is 92.0 Å². The first-order valence-corrected chi connectivity index (χ1v) is 15.1. The molecule has 7 N–H and O–H groups in total. The number of carbonyl (C=O) groups excluding carboxylic acids is 5. The predicted octanol–water partition coefficient (Wildman–Crippen LogP) is 0.812. The highest BCUT2D eigenvalue weighted by Crippen LogP contribution is 2.09. The molecule has 0 aliphatic carbocycles. The summed E-state index contributed by atoms with van der Waals surface area (Å²) in [5.74, 6) is -0.766. The molecular weight excluding hydrogens is 526 g/mol. The number of nitrogens with one attached hydrogen (secondary N) is 1. The van der Waals surface area contributed by atoms with Gasteiger partial charge < -0.3 is 37.2 Å². The third-order valence-corrected chi connectivity index (χ3v) is 6.63. The quantitative estimate of drug-likeness (QED) is 0.128. The van der Waals surface area contributed by atoms with E-state index in [0.29, 0.717) is 64.4 Å². The van der Waals surface area contributed by atoms with E-state index in [-0.39, 0.29) is 61.9 Å². The molecule has 0 saturated carbocycles. The molecule has 0 fully saturated rings. The fourth-order valence-corrected chi connectivity index (χ4v) is 4.44. The lowest BCUT2D eigenvalue weighted by Gasteiger charge is -2.29. The molecule has 0 aromatic heterocycles. The van der Waals surface area contributed by atoms with Gasteiger partial charge in [0.25, 0.3) is 0 Å². The first-order chi connectivity index (χ1) is 19.3. The highest BCUT2D eigenvalue weighted by molar-refractivity contribution is 5.87. The van der Waals surface area contributed by atoms with E-state index in [9.17, 15) is 24.0 Å². The largest absolute Gasteiger partial charge is 0.368 e. The van der Waals surface area contributed by atoms with Crippen LogP contribution in [0.25, 0.3) is 0 Å². The van der Waals surface area contributed by atoms with Gasteiger partial charge in [0, 0.05) is 65.5 Å². The molecule has 0 aliphatic rings. The van der Waals surface area contributed by atoms with Gasteiger partial charge in [0.1, 0.15) is 6.04 Å². The first-order valence-electron chi connectivity index (χ1n) is 15.1. The van der Waals surface area contributed by atoms with E-state index in [4.69, 9.17) is 17.2 Å². The molecule has 0 heterocycles. The van der Waals surface area contributed by atoms with Crippen LogP contribution in [-0.4, -0.2) is 103 Å². The Kier molecular flexibility index (Phi) is 20.5. The van der Waals surface area contributed by atoms with Crippen LogP contribution >= 0.6 is 0 Å². The Morgan fingerprint density at radius 3 is 1.66 bits per heavy atom. The maximum Gasteiger partial charge on any atom is 0.239 e. The zero-order valence-electron chi connectivity index (χ0n) is 26.2. The van der Waals surface area contributed by atoms with Gasteiger partial charge in [-0.25, -0.2) is 0 Å². The lowest BCUT2D eigenvalue weighted by Crippen LogP contribution is -2.46. The van der Waals surface area contributed by atoms with Crippen LogP contribution in [0.2, 0.25) is 0 Å². The average molecular weight is 584 g/mol. The van der Waals surface area contributed by atoms with Crippen LogP contribution in [0.5, 0.6) is 0 Å². The van der Waals surface area contributed by atoms with Crippen molar-refractivity contribution in [1.82, 2.24) is 20.0 Å². The summed E-state index contributed by atoms with van der Waals surface area (Å²) in [6.45, 7) is 12.9. The molecule has 12 nitrogen and oxygen atoms in total. The van der Waals surface area contributed by atoms with Gasteiger partial charge in [0.2, 0.25) is 29.5 Å². The molecule has 1 atom stereocenters. The molecule has 0 radical (unpaired) electrons. The molecule has 0 bridgehead atoms. The van der Waals surface area contributed by atoms with Gasteiger partial charge in [-0.3, -0.25) is 24.0 Å². The van der Waals surface area contributed by atoms with Gasteiger partial charge in [0.15, 0.2) is 0 Å². The van der Waals surface area contributed by atoms with Crippen molar-refractivity contribution in [1.29, 1.82) is 0 Å². The highest BCUT2D eigenvalue weighted by Gasteiger charge is 2.22. The van der Waals surface area contributed by atoms with Gasteiger partial charge in [-0.2, -0.15) is 0 Å². The van der Waals surface area contributed by atoms with Gasteiger partial charge in [0.05, 0.1) is 0 Å². The molecule has 12 heteroatoms. The number of nitrogens with zero attached hydrogens (tertiary/aromatic N) is 3. The number of unbranched alkanes of at least 4 members (excludes halogenated alkanes) is 2. The van der Waals surface area contributed by atoms with Crippen LogP contribution in [0.4, 0.5) is 0 Å². The summed E-state index contributed by atoms with van der Waals surface area (Å²) < 4.78 is 0. The third kappa shape index (κ3) is 18.3. The molecule has 5 amide bonds. The van der Waals surface area contributed by atoms with Gasteiger partial charge in [-0.1, -0.05) is 27.7 Å². The Morgan fingerprint density at radius 1 is 0.659 bits per heavy atom. The standard InChI is InChI=1S/C29H57N7O5/c1-22(2)20-35(24(5)37)18-12-28(40)36(21-23(3)4)19-13-27(39)34(16-9-8-15-31)17-11-26(38)33-25(29(32)41)10-6-7-14-30/h22-23,25H,6-21,30-31H2,1-5H3,(H2,32,41)(H,33,38)/t25-/m0/s1. The molecular formula is C29H57N7O5. The summed E-state index contributed by atoms with van der Waals surface area (Å²) in [5, 5.41) is 2.67. The van der Waals surface area contributed by atoms with Crippen LogP contribution in [0.1, 0.15) is 86.0 Å². The Hall–Kier alpha value is -2.73. The van der Waals surface area contributed by atoms with Crippen molar-refractivity contribution in [2.75, 3.05) is 52.4 Å². The number of amides is 5. The molecule has 0 saturated heterocycles. The van der Waals surface area contributed by atoms with Crippen molar-refractivity contribution in [3.05, 3.63) is 0 Å². The molecule has 0 spiro atoms. The zero-order valence-corrected chi connectivity index (χ0v) is 26.2. The molecule has 0 rings (SSSR count). The van der Waals surface area contributed by atoms with Crippen molar-refractivity contribution < 1.29 is 24.0 Å². The van der Waals surface area contributed by atoms with E-state index >= 15 is 0 Å². The Morgan fingerprint density at radius 2 is 1.15 bits per heavy atom. The summed E-state index contributed by atoms with van der Waals surface area (Å²) in [6, 6.07) is -0.773. The number of hydrogen-bond acceptors (Lipinski definition) is 7. The molecule has 0 unspecified atom stereocenters. The number of nitrogens with two attached hydrogens (primary N) is 3. The van der Waals surface area contributed by atoms with E-state index in [2.05, 4.69) is 5.32 Å². The van der Waals surface area contributed by atoms with Crippen LogP contribution in [0, 0.1) is 11.8 Å². The van der Waals surface area contributed by atoms with Crippen molar-refractivity contribution >= 4 is 29.5 Å². The van der Waals surface area contributed by atoms with Crippen LogP contribution in [0.15, 0.2) is 0 Å².